The molecule has 6 heteroatoms. The highest BCUT2D eigenvalue weighted by Gasteiger charge is 2.41. The molecule has 0 spiro atoms. The largest absolute Gasteiger partial charge is 0.495 e. The first kappa shape index (κ1) is 13.9. The summed E-state index contributed by atoms with van der Waals surface area (Å²) in [6, 6.07) is 5.19. The van der Waals surface area contributed by atoms with Crippen LogP contribution < -0.4 is 10.1 Å². The van der Waals surface area contributed by atoms with E-state index in [1.807, 2.05) is 0 Å². The fourth-order valence-electron chi connectivity index (χ4n) is 2.08. The zero-order valence-corrected chi connectivity index (χ0v) is 11.9. The van der Waals surface area contributed by atoms with Crippen LogP contribution in [0.3, 0.4) is 0 Å². The van der Waals surface area contributed by atoms with Crippen molar-refractivity contribution < 1.29 is 19.4 Å². The summed E-state index contributed by atoms with van der Waals surface area (Å²) >= 11 is 3.32. The van der Waals surface area contributed by atoms with Gasteiger partial charge in [0.1, 0.15) is 5.75 Å². The van der Waals surface area contributed by atoms with Crippen molar-refractivity contribution >= 4 is 33.5 Å². The number of hydrogen-bond donors (Lipinski definition) is 2. The van der Waals surface area contributed by atoms with E-state index < -0.39 is 17.8 Å². The van der Waals surface area contributed by atoms with E-state index in [2.05, 4.69) is 21.2 Å². The molecule has 1 amide bonds. The fraction of sp³-hybridized carbons (Fsp3) is 0.385. The van der Waals surface area contributed by atoms with E-state index in [4.69, 9.17) is 9.84 Å². The molecule has 0 aliphatic heterocycles. The molecule has 5 nitrogen and oxygen atoms in total. The number of rotatable bonds is 4. The Morgan fingerprint density at radius 1 is 1.37 bits per heavy atom. The number of aliphatic carboxylic acids is 1. The third-order valence-electron chi connectivity index (χ3n) is 3.35. The Bertz CT molecular complexity index is 517. The Kier molecular flexibility index (Phi) is 4.09. The monoisotopic (exact) mass is 327 g/mol. The van der Waals surface area contributed by atoms with Crippen molar-refractivity contribution in [3.63, 3.8) is 0 Å². The van der Waals surface area contributed by atoms with Crippen molar-refractivity contribution in [1.82, 2.24) is 0 Å². The maximum absolute atomic E-state index is 12.0. The lowest BCUT2D eigenvalue weighted by Gasteiger charge is -2.31. The van der Waals surface area contributed by atoms with Gasteiger partial charge in [0.25, 0.3) is 0 Å². The highest BCUT2D eigenvalue weighted by Crippen LogP contribution is 2.36. The van der Waals surface area contributed by atoms with E-state index in [9.17, 15) is 9.59 Å². The Balaban J connectivity index is 2.05. The molecule has 1 aliphatic carbocycles. The molecule has 0 saturated heterocycles. The van der Waals surface area contributed by atoms with Gasteiger partial charge in [0.15, 0.2) is 0 Å². The van der Waals surface area contributed by atoms with Crippen molar-refractivity contribution in [3.8, 4) is 5.75 Å². The molecule has 0 radical (unpaired) electrons. The van der Waals surface area contributed by atoms with E-state index in [0.29, 0.717) is 24.3 Å². The lowest BCUT2D eigenvalue weighted by molar-refractivity contribution is -0.151. The van der Waals surface area contributed by atoms with Gasteiger partial charge in [-0.05, 0) is 40.9 Å². The minimum atomic E-state index is -0.903. The molecule has 1 fully saturated rings. The molecule has 2 rings (SSSR count). The second-order valence-electron chi connectivity index (χ2n) is 4.47. The van der Waals surface area contributed by atoms with Crippen molar-refractivity contribution in [2.45, 2.75) is 12.8 Å². The van der Waals surface area contributed by atoms with Crippen LogP contribution >= 0.6 is 15.9 Å². The summed E-state index contributed by atoms with van der Waals surface area (Å²) in [5, 5.41) is 11.7. The van der Waals surface area contributed by atoms with Gasteiger partial charge in [0.2, 0.25) is 5.91 Å². The van der Waals surface area contributed by atoms with Crippen LogP contribution in [0.1, 0.15) is 12.8 Å². The van der Waals surface area contributed by atoms with Gasteiger partial charge in [0.05, 0.1) is 23.4 Å². The van der Waals surface area contributed by atoms with Gasteiger partial charge in [-0.15, -0.1) is 0 Å². The molecule has 0 heterocycles. The quantitative estimate of drug-likeness (QED) is 0.890. The zero-order chi connectivity index (χ0) is 14.0. The Hall–Kier alpha value is -1.56. The first-order valence-corrected chi connectivity index (χ1v) is 6.69. The van der Waals surface area contributed by atoms with E-state index in [-0.39, 0.29) is 5.91 Å². The number of ether oxygens (including phenoxy) is 1. The summed E-state index contributed by atoms with van der Waals surface area (Å²) in [6.45, 7) is 0. The Morgan fingerprint density at radius 2 is 2.05 bits per heavy atom. The number of amides is 1. The topological polar surface area (TPSA) is 75.6 Å². The highest BCUT2D eigenvalue weighted by molar-refractivity contribution is 9.10. The van der Waals surface area contributed by atoms with Gasteiger partial charge < -0.3 is 15.2 Å². The third-order valence-corrected chi connectivity index (χ3v) is 4.00. The predicted octanol–water partition coefficient (Wildman–Crippen LogP) is 2.51. The minimum absolute atomic E-state index is 0.247. The third kappa shape index (κ3) is 2.89. The molecule has 1 aromatic carbocycles. The predicted molar refractivity (Wildman–Crippen MR) is 73.2 cm³/mol. The van der Waals surface area contributed by atoms with Gasteiger partial charge in [-0.2, -0.15) is 0 Å². The maximum atomic E-state index is 12.0. The van der Waals surface area contributed by atoms with Crippen LogP contribution in [0, 0.1) is 11.8 Å². The van der Waals surface area contributed by atoms with Crippen LogP contribution in [0.2, 0.25) is 0 Å². The number of benzene rings is 1. The summed E-state index contributed by atoms with van der Waals surface area (Å²) in [7, 11) is 1.54. The highest BCUT2D eigenvalue weighted by atomic mass is 79.9. The van der Waals surface area contributed by atoms with Gasteiger partial charge in [0, 0.05) is 11.8 Å². The van der Waals surface area contributed by atoms with Crippen LogP contribution in [0.25, 0.3) is 0 Å². The molecule has 1 saturated carbocycles. The SMILES string of the molecule is COc1cc(NC(=O)C2CCC2C(=O)O)ccc1Br. The lowest BCUT2D eigenvalue weighted by Crippen LogP contribution is -2.41. The zero-order valence-electron chi connectivity index (χ0n) is 10.4. The second kappa shape index (κ2) is 5.61. The second-order valence-corrected chi connectivity index (χ2v) is 5.32. The molecular formula is C13H14BrNO4. The van der Waals surface area contributed by atoms with E-state index in [0.717, 1.165) is 4.47 Å². The molecule has 1 aliphatic rings. The van der Waals surface area contributed by atoms with Crippen LogP contribution in [0.15, 0.2) is 22.7 Å². The number of halogens is 1. The number of hydrogen-bond acceptors (Lipinski definition) is 3. The first-order valence-electron chi connectivity index (χ1n) is 5.90. The lowest BCUT2D eigenvalue weighted by atomic mass is 9.73. The van der Waals surface area contributed by atoms with Gasteiger partial charge in [-0.1, -0.05) is 0 Å². The molecule has 19 heavy (non-hydrogen) atoms. The average molecular weight is 328 g/mol. The number of carbonyl (C=O) groups is 2. The maximum Gasteiger partial charge on any atom is 0.307 e. The summed E-state index contributed by atoms with van der Waals surface area (Å²) in [5.41, 5.74) is 0.598. The summed E-state index contributed by atoms with van der Waals surface area (Å²) in [6.07, 6.45) is 1.19. The molecule has 0 bridgehead atoms. The average Bonchev–Trinajstić information content (AvgIpc) is 2.29. The van der Waals surface area contributed by atoms with Gasteiger partial charge in [-0.3, -0.25) is 9.59 Å². The smallest absolute Gasteiger partial charge is 0.307 e. The fourth-order valence-corrected chi connectivity index (χ4v) is 2.49. The minimum Gasteiger partial charge on any atom is -0.495 e. The molecule has 0 aromatic heterocycles. The number of carbonyl (C=O) groups excluding carboxylic acids is 1. The van der Waals surface area contributed by atoms with Crippen LogP contribution in [0.4, 0.5) is 5.69 Å². The van der Waals surface area contributed by atoms with E-state index in [1.54, 1.807) is 18.2 Å². The van der Waals surface area contributed by atoms with Crippen LogP contribution in [-0.4, -0.2) is 24.1 Å². The van der Waals surface area contributed by atoms with Crippen molar-refractivity contribution in [2.75, 3.05) is 12.4 Å². The Morgan fingerprint density at radius 3 is 2.58 bits per heavy atom. The number of methoxy groups -OCH3 is 1. The Labute approximate surface area is 119 Å². The normalized spacial score (nSPS) is 21.4. The van der Waals surface area contributed by atoms with Crippen LogP contribution in [-0.2, 0) is 9.59 Å². The molecule has 2 N–H and O–H groups in total. The van der Waals surface area contributed by atoms with Crippen molar-refractivity contribution in [2.24, 2.45) is 11.8 Å². The standard InChI is InChI=1S/C13H14BrNO4/c1-19-11-6-7(2-5-10(11)14)15-12(16)8-3-4-9(8)13(17)18/h2,5-6,8-9H,3-4H2,1H3,(H,15,16)(H,17,18). The molecule has 102 valence electrons. The van der Waals surface area contributed by atoms with Gasteiger partial charge in [-0.25, -0.2) is 0 Å². The number of carboxylic acids is 1. The van der Waals surface area contributed by atoms with Crippen molar-refractivity contribution in [3.05, 3.63) is 22.7 Å². The van der Waals surface area contributed by atoms with E-state index in [1.165, 1.54) is 7.11 Å². The molecule has 2 atom stereocenters. The molecule has 1 aromatic rings. The summed E-state index contributed by atoms with van der Waals surface area (Å²) < 4.78 is 5.93. The number of carboxylic acid groups (broad SMARTS) is 1. The first-order chi connectivity index (χ1) is 9.02. The van der Waals surface area contributed by atoms with Gasteiger partial charge >= 0.3 is 5.97 Å². The molecule has 2 unspecified atom stereocenters. The summed E-state index contributed by atoms with van der Waals surface area (Å²) in [4.78, 5) is 22.9. The number of nitrogens with one attached hydrogen (secondary N) is 1. The summed E-state index contributed by atoms with van der Waals surface area (Å²) in [5.74, 6) is -1.53. The van der Waals surface area contributed by atoms with E-state index >= 15 is 0 Å². The molecular weight excluding hydrogens is 314 g/mol. The van der Waals surface area contributed by atoms with Crippen molar-refractivity contribution in [1.29, 1.82) is 0 Å². The number of anilines is 1. The van der Waals surface area contributed by atoms with Crippen LogP contribution in [0.5, 0.6) is 5.75 Å².